The normalized spacial score (nSPS) is 15.7. The van der Waals surface area contributed by atoms with Gasteiger partial charge in [-0.3, -0.25) is 0 Å². The standard InChI is InChI=1S/C15H24N2O/c1-15(2,3)17-11-13-6-8-16-14(10-13)18-9-7-12-4-5-12/h6,8,10,12,17H,4-5,7,9,11H2,1-3H3. The summed E-state index contributed by atoms with van der Waals surface area (Å²) >= 11 is 0. The van der Waals surface area contributed by atoms with Crippen molar-refractivity contribution in [2.45, 2.75) is 52.1 Å². The largest absolute Gasteiger partial charge is 0.478 e. The van der Waals surface area contributed by atoms with Crippen molar-refractivity contribution in [3.63, 3.8) is 0 Å². The lowest BCUT2D eigenvalue weighted by Crippen LogP contribution is -2.35. The maximum absolute atomic E-state index is 5.69. The highest BCUT2D eigenvalue weighted by Crippen LogP contribution is 2.32. The van der Waals surface area contributed by atoms with Crippen molar-refractivity contribution in [2.24, 2.45) is 5.92 Å². The highest BCUT2D eigenvalue weighted by atomic mass is 16.5. The Balaban J connectivity index is 1.79. The third-order valence-corrected chi connectivity index (χ3v) is 3.10. The van der Waals surface area contributed by atoms with Crippen LogP contribution >= 0.6 is 0 Å². The number of nitrogens with one attached hydrogen (secondary N) is 1. The lowest BCUT2D eigenvalue weighted by molar-refractivity contribution is 0.290. The Bertz CT molecular complexity index is 380. The summed E-state index contributed by atoms with van der Waals surface area (Å²) in [6.07, 6.45) is 5.76. The molecule has 1 aliphatic rings. The second-order valence-electron chi connectivity index (χ2n) is 6.19. The Kier molecular flexibility index (Phi) is 4.23. The average molecular weight is 248 g/mol. The molecule has 0 aromatic carbocycles. The molecule has 0 unspecified atom stereocenters. The van der Waals surface area contributed by atoms with Gasteiger partial charge in [-0.2, -0.15) is 0 Å². The third kappa shape index (κ3) is 5.05. The minimum Gasteiger partial charge on any atom is -0.478 e. The van der Waals surface area contributed by atoms with Gasteiger partial charge in [0.1, 0.15) is 0 Å². The molecule has 0 atom stereocenters. The van der Waals surface area contributed by atoms with Crippen LogP contribution in [-0.2, 0) is 6.54 Å². The zero-order chi connectivity index (χ0) is 13.0. The molecule has 0 spiro atoms. The number of aromatic nitrogens is 1. The fraction of sp³-hybridized carbons (Fsp3) is 0.667. The smallest absolute Gasteiger partial charge is 0.213 e. The molecule has 1 fully saturated rings. The number of rotatable bonds is 6. The van der Waals surface area contributed by atoms with E-state index in [1.807, 2.05) is 18.3 Å². The number of pyridine rings is 1. The minimum absolute atomic E-state index is 0.135. The molecule has 1 saturated carbocycles. The summed E-state index contributed by atoms with van der Waals surface area (Å²) in [6.45, 7) is 8.16. The molecule has 0 amide bonds. The first-order chi connectivity index (χ1) is 8.53. The molecule has 0 saturated heterocycles. The van der Waals surface area contributed by atoms with Gasteiger partial charge in [-0.25, -0.2) is 4.98 Å². The van der Waals surface area contributed by atoms with Gasteiger partial charge >= 0.3 is 0 Å². The fourth-order valence-corrected chi connectivity index (χ4v) is 1.74. The minimum atomic E-state index is 0.135. The van der Waals surface area contributed by atoms with Crippen molar-refractivity contribution < 1.29 is 4.74 Å². The van der Waals surface area contributed by atoms with Gasteiger partial charge in [0.25, 0.3) is 0 Å². The number of nitrogens with zero attached hydrogens (tertiary/aromatic N) is 1. The summed E-state index contributed by atoms with van der Waals surface area (Å²) in [6, 6.07) is 4.07. The van der Waals surface area contributed by atoms with Gasteiger partial charge in [0.15, 0.2) is 0 Å². The summed E-state index contributed by atoms with van der Waals surface area (Å²) < 4.78 is 5.69. The number of hydrogen-bond acceptors (Lipinski definition) is 3. The molecule has 0 aliphatic heterocycles. The Morgan fingerprint density at radius 1 is 1.39 bits per heavy atom. The van der Waals surface area contributed by atoms with Crippen LogP contribution < -0.4 is 10.1 Å². The van der Waals surface area contributed by atoms with E-state index in [4.69, 9.17) is 4.74 Å². The molecule has 1 aliphatic carbocycles. The van der Waals surface area contributed by atoms with E-state index in [2.05, 4.69) is 31.1 Å². The first-order valence-electron chi connectivity index (χ1n) is 6.86. The van der Waals surface area contributed by atoms with E-state index in [9.17, 15) is 0 Å². The van der Waals surface area contributed by atoms with Crippen LogP contribution in [0.15, 0.2) is 18.3 Å². The van der Waals surface area contributed by atoms with Crippen molar-refractivity contribution in [2.75, 3.05) is 6.61 Å². The van der Waals surface area contributed by atoms with E-state index in [0.717, 1.165) is 24.9 Å². The van der Waals surface area contributed by atoms with Crippen LogP contribution in [0.2, 0.25) is 0 Å². The molecule has 18 heavy (non-hydrogen) atoms. The fourth-order valence-electron chi connectivity index (χ4n) is 1.74. The van der Waals surface area contributed by atoms with E-state index >= 15 is 0 Å². The van der Waals surface area contributed by atoms with E-state index in [0.29, 0.717) is 0 Å². The van der Waals surface area contributed by atoms with Crippen molar-refractivity contribution in [3.8, 4) is 5.88 Å². The molecule has 0 bridgehead atoms. The molecule has 3 nitrogen and oxygen atoms in total. The number of hydrogen-bond donors (Lipinski definition) is 1. The second kappa shape index (κ2) is 5.70. The molecule has 1 heterocycles. The molecule has 1 aromatic heterocycles. The van der Waals surface area contributed by atoms with E-state index in [-0.39, 0.29) is 5.54 Å². The van der Waals surface area contributed by atoms with Gasteiger partial charge in [-0.1, -0.05) is 12.8 Å². The van der Waals surface area contributed by atoms with Crippen molar-refractivity contribution >= 4 is 0 Å². The third-order valence-electron chi connectivity index (χ3n) is 3.10. The van der Waals surface area contributed by atoms with Gasteiger partial charge < -0.3 is 10.1 Å². The van der Waals surface area contributed by atoms with Gasteiger partial charge in [0, 0.05) is 24.3 Å². The van der Waals surface area contributed by atoms with Crippen molar-refractivity contribution in [3.05, 3.63) is 23.9 Å². The van der Waals surface area contributed by atoms with Gasteiger partial charge in [0.05, 0.1) is 6.61 Å². The highest BCUT2D eigenvalue weighted by Gasteiger charge is 2.20. The Hall–Kier alpha value is -1.09. The maximum atomic E-state index is 5.69. The Labute approximate surface area is 110 Å². The van der Waals surface area contributed by atoms with Gasteiger partial charge in [0.2, 0.25) is 5.88 Å². The second-order valence-corrected chi connectivity index (χ2v) is 6.19. The molecule has 3 heteroatoms. The SMILES string of the molecule is CC(C)(C)NCc1ccnc(OCCC2CC2)c1. The highest BCUT2D eigenvalue weighted by molar-refractivity contribution is 5.20. The van der Waals surface area contributed by atoms with Gasteiger partial charge in [-0.05, 0) is 44.7 Å². The van der Waals surface area contributed by atoms with Crippen molar-refractivity contribution in [1.82, 2.24) is 10.3 Å². The first kappa shape index (κ1) is 13.3. The van der Waals surface area contributed by atoms with Crippen LogP contribution in [0.25, 0.3) is 0 Å². The van der Waals surface area contributed by atoms with Crippen LogP contribution in [-0.4, -0.2) is 17.1 Å². The molecule has 2 rings (SSSR count). The van der Waals surface area contributed by atoms with E-state index in [1.165, 1.54) is 24.8 Å². The summed E-state index contributed by atoms with van der Waals surface area (Å²) in [4.78, 5) is 4.25. The predicted octanol–water partition coefficient (Wildman–Crippen LogP) is 3.15. The summed E-state index contributed by atoms with van der Waals surface area (Å²) in [7, 11) is 0. The van der Waals surface area contributed by atoms with Crippen LogP contribution in [0.1, 0.15) is 45.6 Å². The van der Waals surface area contributed by atoms with Crippen LogP contribution in [0, 0.1) is 5.92 Å². The molecular formula is C15H24N2O. The average Bonchev–Trinajstić information content (AvgIpc) is 3.10. The monoisotopic (exact) mass is 248 g/mol. The quantitative estimate of drug-likeness (QED) is 0.839. The zero-order valence-electron chi connectivity index (χ0n) is 11.7. The summed E-state index contributed by atoms with van der Waals surface area (Å²) in [5, 5.41) is 3.47. The number of ether oxygens (including phenoxy) is 1. The van der Waals surface area contributed by atoms with Gasteiger partial charge in [-0.15, -0.1) is 0 Å². The Morgan fingerprint density at radius 2 is 2.17 bits per heavy atom. The summed E-state index contributed by atoms with van der Waals surface area (Å²) in [5.41, 5.74) is 1.36. The first-order valence-corrected chi connectivity index (χ1v) is 6.86. The lowest BCUT2D eigenvalue weighted by atomic mass is 10.1. The van der Waals surface area contributed by atoms with E-state index < -0.39 is 0 Å². The predicted molar refractivity (Wildman–Crippen MR) is 73.7 cm³/mol. The molecular weight excluding hydrogens is 224 g/mol. The maximum Gasteiger partial charge on any atom is 0.213 e. The van der Waals surface area contributed by atoms with Crippen molar-refractivity contribution in [1.29, 1.82) is 0 Å². The zero-order valence-corrected chi connectivity index (χ0v) is 11.7. The molecule has 1 aromatic rings. The molecule has 100 valence electrons. The van der Waals surface area contributed by atoms with Crippen LogP contribution in [0.4, 0.5) is 0 Å². The van der Waals surface area contributed by atoms with E-state index in [1.54, 1.807) is 0 Å². The topological polar surface area (TPSA) is 34.2 Å². The van der Waals surface area contributed by atoms with Crippen LogP contribution in [0.3, 0.4) is 0 Å². The summed E-state index contributed by atoms with van der Waals surface area (Å²) in [5.74, 6) is 1.67. The molecule has 1 N–H and O–H groups in total. The molecule has 0 radical (unpaired) electrons. The lowest BCUT2D eigenvalue weighted by Gasteiger charge is -2.20. The van der Waals surface area contributed by atoms with Crippen LogP contribution in [0.5, 0.6) is 5.88 Å². The Morgan fingerprint density at radius 3 is 2.83 bits per heavy atom.